The van der Waals surface area contributed by atoms with Gasteiger partial charge in [-0.25, -0.2) is 0 Å². The zero-order valence-electron chi connectivity index (χ0n) is 10.1. The summed E-state index contributed by atoms with van der Waals surface area (Å²) in [5.41, 5.74) is 0.993. The Balaban J connectivity index is 1.88. The number of carbonyl (C=O) groups is 1. The van der Waals surface area contributed by atoms with E-state index in [0.29, 0.717) is 0 Å². The van der Waals surface area contributed by atoms with Crippen molar-refractivity contribution in [1.29, 1.82) is 0 Å². The summed E-state index contributed by atoms with van der Waals surface area (Å²) in [6, 6.07) is 0. The summed E-state index contributed by atoms with van der Waals surface area (Å²) in [7, 11) is 1.71. The molecule has 0 saturated carbocycles. The van der Waals surface area contributed by atoms with Crippen molar-refractivity contribution in [2.24, 2.45) is 11.8 Å². The Hall–Kier alpha value is -0.830. The summed E-state index contributed by atoms with van der Waals surface area (Å²) in [5.74, 6) is 1.81. The SMILES string of the molecule is CNC(=O)C1=CCC(C2CCNCC2)CC1. The Bertz CT molecular complexity index is 280. The van der Waals surface area contributed by atoms with E-state index in [1.165, 1.54) is 32.4 Å². The van der Waals surface area contributed by atoms with Crippen molar-refractivity contribution < 1.29 is 4.79 Å². The molecule has 1 heterocycles. The number of nitrogens with one attached hydrogen (secondary N) is 2. The van der Waals surface area contributed by atoms with Gasteiger partial charge in [-0.1, -0.05) is 6.08 Å². The van der Waals surface area contributed by atoms with E-state index in [9.17, 15) is 4.79 Å². The van der Waals surface area contributed by atoms with Crippen molar-refractivity contribution in [2.75, 3.05) is 20.1 Å². The number of rotatable bonds is 2. The fraction of sp³-hybridized carbons (Fsp3) is 0.769. The minimum absolute atomic E-state index is 0.115. The first-order valence-electron chi connectivity index (χ1n) is 6.43. The molecule has 0 spiro atoms. The summed E-state index contributed by atoms with van der Waals surface area (Å²) >= 11 is 0. The van der Waals surface area contributed by atoms with Crippen LogP contribution in [0.3, 0.4) is 0 Å². The fourth-order valence-corrected chi connectivity index (χ4v) is 2.97. The second kappa shape index (κ2) is 5.48. The minimum Gasteiger partial charge on any atom is -0.355 e. The largest absolute Gasteiger partial charge is 0.355 e. The molecule has 1 aliphatic heterocycles. The Morgan fingerprint density at radius 1 is 1.31 bits per heavy atom. The molecule has 1 amide bonds. The van der Waals surface area contributed by atoms with E-state index in [0.717, 1.165) is 30.3 Å². The van der Waals surface area contributed by atoms with Gasteiger partial charge in [0.2, 0.25) is 5.91 Å². The van der Waals surface area contributed by atoms with Crippen molar-refractivity contribution in [3.05, 3.63) is 11.6 Å². The molecule has 1 aliphatic carbocycles. The average molecular weight is 222 g/mol. The number of carbonyl (C=O) groups excluding carboxylic acids is 1. The lowest BCUT2D eigenvalue weighted by atomic mass is 9.76. The highest BCUT2D eigenvalue weighted by Gasteiger charge is 2.26. The van der Waals surface area contributed by atoms with Gasteiger partial charge in [-0.15, -0.1) is 0 Å². The van der Waals surface area contributed by atoms with Gasteiger partial charge in [0.15, 0.2) is 0 Å². The average Bonchev–Trinajstić information content (AvgIpc) is 2.39. The van der Waals surface area contributed by atoms with Gasteiger partial charge in [0, 0.05) is 12.6 Å². The lowest BCUT2D eigenvalue weighted by Gasteiger charge is -2.32. The van der Waals surface area contributed by atoms with Gasteiger partial charge in [-0.3, -0.25) is 4.79 Å². The normalized spacial score (nSPS) is 27.3. The molecule has 0 aromatic rings. The van der Waals surface area contributed by atoms with E-state index >= 15 is 0 Å². The van der Waals surface area contributed by atoms with Gasteiger partial charge in [0.1, 0.15) is 0 Å². The monoisotopic (exact) mass is 222 g/mol. The van der Waals surface area contributed by atoms with E-state index < -0.39 is 0 Å². The van der Waals surface area contributed by atoms with Crippen molar-refractivity contribution in [2.45, 2.75) is 32.1 Å². The predicted octanol–water partition coefficient (Wildman–Crippen LogP) is 1.46. The Morgan fingerprint density at radius 2 is 2.06 bits per heavy atom. The Labute approximate surface area is 97.7 Å². The maximum absolute atomic E-state index is 11.5. The maximum atomic E-state index is 11.5. The number of hydrogen-bond donors (Lipinski definition) is 2. The van der Waals surface area contributed by atoms with Crippen LogP contribution in [0.4, 0.5) is 0 Å². The van der Waals surface area contributed by atoms with Crippen LogP contribution < -0.4 is 10.6 Å². The van der Waals surface area contributed by atoms with Crippen molar-refractivity contribution in [1.82, 2.24) is 10.6 Å². The molecule has 0 aromatic heterocycles. The molecule has 0 radical (unpaired) electrons. The molecule has 2 aliphatic rings. The number of amides is 1. The molecule has 90 valence electrons. The summed E-state index contributed by atoms with van der Waals surface area (Å²) in [6.07, 6.45) is 8.06. The molecule has 1 fully saturated rings. The van der Waals surface area contributed by atoms with E-state index in [2.05, 4.69) is 16.7 Å². The van der Waals surface area contributed by atoms with Gasteiger partial charge >= 0.3 is 0 Å². The van der Waals surface area contributed by atoms with Gasteiger partial charge in [0.25, 0.3) is 0 Å². The van der Waals surface area contributed by atoms with Crippen LogP contribution in [0.2, 0.25) is 0 Å². The highest BCUT2D eigenvalue weighted by atomic mass is 16.1. The molecule has 3 nitrogen and oxygen atoms in total. The molecule has 2 N–H and O–H groups in total. The zero-order chi connectivity index (χ0) is 11.4. The lowest BCUT2D eigenvalue weighted by molar-refractivity contribution is -0.117. The number of likely N-dealkylation sites (N-methyl/N-ethyl adjacent to an activating group) is 1. The number of piperidine rings is 1. The van der Waals surface area contributed by atoms with Gasteiger partial charge in [0.05, 0.1) is 0 Å². The molecular weight excluding hydrogens is 200 g/mol. The van der Waals surface area contributed by atoms with Gasteiger partial charge < -0.3 is 10.6 Å². The quantitative estimate of drug-likeness (QED) is 0.742. The van der Waals surface area contributed by atoms with Crippen molar-refractivity contribution >= 4 is 5.91 Å². The second-order valence-corrected chi connectivity index (χ2v) is 4.93. The molecule has 16 heavy (non-hydrogen) atoms. The third kappa shape index (κ3) is 2.64. The van der Waals surface area contributed by atoms with Crippen LogP contribution in [-0.2, 0) is 4.79 Å². The van der Waals surface area contributed by atoms with Crippen LogP contribution in [0.15, 0.2) is 11.6 Å². The molecule has 2 rings (SSSR count). The standard InChI is InChI=1S/C13H22N2O/c1-14-13(16)12-4-2-10(3-5-12)11-6-8-15-9-7-11/h4,10-11,15H,2-3,5-9H2,1H3,(H,14,16). The summed E-state index contributed by atoms with van der Waals surface area (Å²) < 4.78 is 0. The number of hydrogen-bond acceptors (Lipinski definition) is 2. The first-order chi connectivity index (χ1) is 7.81. The third-order valence-electron chi connectivity index (χ3n) is 4.02. The summed E-state index contributed by atoms with van der Waals surface area (Å²) in [4.78, 5) is 11.5. The van der Waals surface area contributed by atoms with Crippen molar-refractivity contribution in [3.63, 3.8) is 0 Å². The summed E-state index contributed by atoms with van der Waals surface area (Å²) in [6.45, 7) is 2.35. The van der Waals surface area contributed by atoms with Gasteiger partial charge in [-0.05, 0) is 57.0 Å². The molecule has 1 atom stereocenters. The van der Waals surface area contributed by atoms with E-state index in [-0.39, 0.29) is 5.91 Å². The Kier molecular flexibility index (Phi) is 3.99. The van der Waals surface area contributed by atoms with Crippen LogP contribution in [-0.4, -0.2) is 26.0 Å². The van der Waals surface area contributed by atoms with E-state index in [1.54, 1.807) is 7.05 Å². The van der Waals surface area contributed by atoms with Crippen LogP contribution in [0.5, 0.6) is 0 Å². The Morgan fingerprint density at radius 3 is 2.62 bits per heavy atom. The first-order valence-corrected chi connectivity index (χ1v) is 6.43. The minimum atomic E-state index is 0.115. The lowest BCUT2D eigenvalue weighted by Crippen LogP contribution is -2.32. The first kappa shape index (κ1) is 11.6. The van der Waals surface area contributed by atoms with Crippen LogP contribution in [0.1, 0.15) is 32.1 Å². The molecule has 3 heteroatoms. The predicted molar refractivity (Wildman–Crippen MR) is 65.1 cm³/mol. The molecule has 1 saturated heterocycles. The molecular formula is C13H22N2O. The maximum Gasteiger partial charge on any atom is 0.246 e. The highest BCUT2D eigenvalue weighted by Crippen LogP contribution is 2.33. The van der Waals surface area contributed by atoms with Gasteiger partial charge in [-0.2, -0.15) is 0 Å². The number of allylic oxidation sites excluding steroid dienone is 1. The molecule has 0 aromatic carbocycles. The van der Waals surface area contributed by atoms with Crippen LogP contribution in [0, 0.1) is 11.8 Å². The molecule has 0 bridgehead atoms. The van der Waals surface area contributed by atoms with Crippen LogP contribution >= 0.6 is 0 Å². The zero-order valence-corrected chi connectivity index (χ0v) is 10.1. The molecule has 1 unspecified atom stereocenters. The fourth-order valence-electron chi connectivity index (χ4n) is 2.97. The van der Waals surface area contributed by atoms with Crippen LogP contribution in [0.25, 0.3) is 0 Å². The smallest absolute Gasteiger partial charge is 0.246 e. The topological polar surface area (TPSA) is 41.1 Å². The highest BCUT2D eigenvalue weighted by molar-refractivity contribution is 5.93. The van der Waals surface area contributed by atoms with E-state index in [4.69, 9.17) is 0 Å². The second-order valence-electron chi connectivity index (χ2n) is 4.93. The van der Waals surface area contributed by atoms with Crippen molar-refractivity contribution in [3.8, 4) is 0 Å². The third-order valence-corrected chi connectivity index (χ3v) is 4.02. The summed E-state index contributed by atoms with van der Waals surface area (Å²) in [5, 5.41) is 6.12. The van der Waals surface area contributed by atoms with E-state index in [1.807, 2.05) is 0 Å².